The van der Waals surface area contributed by atoms with Gasteiger partial charge in [0.2, 0.25) is 10.0 Å². The fourth-order valence-corrected chi connectivity index (χ4v) is 5.53. The van der Waals surface area contributed by atoms with Crippen LogP contribution in [0.5, 0.6) is 11.5 Å². The van der Waals surface area contributed by atoms with Gasteiger partial charge < -0.3 is 19.7 Å². The third-order valence-electron chi connectivity index (χ3n) is 5.19. The number of carbonyl (C=O) groups excluding carboxylic acids is 2. The van der Waals surface area contributed by atoms with Gasteiger partial charge in [-0.15, -0.1) is 0 Å². The van der Waals surface area contributed by atoms with Gasteiger partial charge in [-0.25, -0.2) is 13.2 Å². The molecule has 0 atom stereocenters. The molecule has 1 aliphatic heterocycles. The molecule has 1 fully saturated rings. The first-order valence-corrected chi connectivity index (χ1v) is 13.2. The van der Waals surface area contributed by atoms with Crippen LogP contribution in [0.4, 0.5) is 4.79 Å². The number of hydrogen-bond acceptors (Lipinski definition) is 7. The molecular weight excluding hydrogens is 531 g/mol. The van der Waals surface area contributed by atoms with Crippen molar-refractivity contribution in [2.75, 3.05) is 39.3 Å². The lowest BCUT2D eigenvalue weighted by atomic mass is 10.2. The van der Waals surface area contributed by atoms with Crippen LogP contribution in [0.25, 0.3) is 0 Å². The number of urea groups is 1. The van der Waals surface area contributed by atoms with E-state index in [2.05, 4.69) is 5.32 Å². The maximum Gasteiger partial charge on any atom is 0.317 e. The highest BCUT2D eigenvalue weighted by molar-refractivity contribution is 7.89. The second kappa shape index (κ2) is 12.3. The third kappa shape index (κ3) is 7.01. The summed E-state index contributed by atoms with van der Waals surface area (Å²) < 4.78 is 38.8. The number of esters is 1. The number of carbonyl (C=O) groups is 2. The predicted octanol–water partition coefficient (Wildman–Crippen LogP) is 3.63. The van der Waals surface area contributed by atoms with Gasteiger partial charge in [0.1, 0.15) is 16.4 Å². The van der Waals surface area contributed by atoms with Crippen LogP contribution < -0.4 is 10.1 Å². The molecule has 2 aromatic carbocycles. The van der Waals surface area contributed by atoms with Gasteiger partial charge in [-0.2, -0.15) is 9.57 Å². The summed E-state index contributed by atoms with van der Waals surface area (Å²) in [5, 5.41) is 12.6. The molecule has 0 spiro atoms. The normalized spacial score (nSPS) is 14.1. The summed E-state index contributed by atoms with van der Waals surface area (Å²) in [6.45, 7) is 2.43. The quantitative estimate of drug-likeness (QED) is 0.493. The molecule has 0 aromatic heterocycles. The number of nitrogens with one attached hydrogen (secondary N) is 1. The van der Waals surface area contributed by atoms with Crippen LogP contribution in [0.3, 0.4) is 0 Å². The highest BCUT2D eigenvalue weighted by Crippen LogP contribution is 2.34. The molecule has 10 nitrogen and oxygen atoms in total. The van der Waals surface area contributed by atoms with Gasteiger partial charge in [0.15, 0.2) is 0 Å². The number of amides is 2. The van der Waals surface area contributed by atoms with Crippen molar-refractivity contribution in [2.24, 2.45) is 0 Å². The molecule has 1 aliphatic rings. The second-order valence-corrected chi connectivity index (χ2v) is 10.4. The fraction of sp³-hybridized carbons (Fsp3) is 0.348. The fourth-order valence-electron chi connectivity index (χ4n) is 3.47. The Morgan fingerprint density at radius 1 is 1.08 bits per heavy atom. The number of hydrogen-bond donors (Lipinski definition) is 1. The molecule has 1 heterocycles. The number of ether oxygens (including phenoxy) is 2. The average Bonchev–Trinajstić information content (AvgIpc) is 2.83. The Hall–Kier alpha value is -3.04. The lowest BCUT2D eigenvalue weighted by Crippen LogP contribution is -2.53. The molecule has 0 radical (unpaired) electrons. The molecule has 2 amide bonds. The zero-order chi connectivity index (χ0) is 26.3. The van der Waals surface area contributed by atoms with Crippen molar-refractivity contribution in [1.29, 1.82) is 5.26 Å². The van der Waals surface area contributed by atoms with Gasteiger partial charge in [0, 0.05) is 42.8 Å². The Morgan fingerprint density at radius 3 is 2.36 bits per heavy atom. The zero-order valence-corrected chi connectivity index (χ0v) is 21.7. The highest BCUT2D eigenvalue weighted by atomic mass is 35.5. The minimum Gasteiger partial charge on any atom is -0.466 e. The molecule has 1 N–H and O–H groups in total. The van der Waals surface area contributed by atoms with Gasteiger partial charge in [-0.05, 0) is 43.3 Å². The first-order valence-electron chi connectivity index (χ1n) is 11.0. The van der Waals surface area contributed by atoms with Crippen molar-refractivity contribution in [3.63, 3.8) is 0 Å². The number of rotatable bonds is 8. The number of nitrogens with zero attached hydrogens (tertiary/aromatic N) is 3. The minimum atomic E-state index is -4.08. The van der Waals surface area contributed by atoms with Crippen LogP contribution in [0, 0.1) is 11.3 Å². The summed E-state index contributed by atoms with van der Waals surface area (Å²) in [6, 6.07) is 10.1. The van der Waals surface area contributed by atoms with Gasteiger partial charge in [0.25, 0.3) is 0 Å². The topological polar surface area (TPSA) is 129 Å². The molecule has 13 heteroatoms. The van der Waals surface area contributed by atoms with E-state index in [9.17, 15) is 23.3 Å². The van der Waals surface area contributed by atoms with Crippen molar-refractivity contribution in [2.45, 2.75) is 18.2 Å². The summed E-state index contributed by atoms with van der Waals surface area (Å²) in [7, 11) is -4.08. The number of sulfonamides is 1. The van der Waals surface area contributed by atoms with Crippen molar-refractivity contribution in [3.05, 3.63) is 52.0 Å². The Morgan fingerprint density at radius 2 is 1.75 bits per heavy atom. The number of benzene rings is 2. The molecule has 0 bridgehead atoms. The summed E-state index contributed by atoms with van der Waals surface area (Å²) in [4.78, 5) is 25.1. The summed E-state index contributed by atoms with van der Waals surface area (Å²) in [5.74, 6) is -0.171. The van der Waals surface area contributed by atoms with Crippen LogP contribution in [0.1, 0.15) is 18.9 Å². The van der Waals surface area contributed by atoms with E-state index in [1.807, 2.05) is 6.07 Å². The van der Waals surface area contributed by atoms with E-state index >= 15 is 0 Å². The predicted molar refractivity (Wildman–Crippen MR) is 133 cm³/mol. The molecule has 0 aliphatic carbocycles. The highest BCUT2D eigenvalue weighted by Gasteiger charge is 2.32. The molecule has 192 valence electrons. The van der Waals surface area contributed by atoms with Crippen molar-refractivity contribution < 1.29 is 27.5 Å². The van der Waals surface area contributed by atoms with Gasteiger partial charge >= 0.3 is 12.0 Å². The van der Waals surface area contributed by atoms with Gasteiger partial charge in [-0.3, -0.25) is 4.79 Å². The molecular formula is C23H24Cl2N4O6S. The summed E-state index contributed by atoms with van der Waals surface area (Å²) in [6.07, 6.45) is 0.0454. The van der Waals surface area contributed by atoms with E-state index in [4.69, 9.17) is 32.7 Å². The van der Waals surface area contributed by atoms with Crippen LogP contribution >= 0.6 is 23.2 Å². The van der Waals surface area contributed by atoms with E-state index in [1.54, 1.807) is 6.92 Å². The smallest absolute Gasteiger partial charge is 0.317 e. The zero-order valence-electron chi connectivity index (χ0n) is 19.4. The van der Waals surface area contributed by atoms with Gasteiger partial charge in [0.05, 0.1) is 24.7 Å². The van der Waals surface area contributed by atoms with Gasteiger partial charge in [-0.1, -0.05) is 23.2 Å². The Bertz CT molecular complexity index is 1250. The maximum absolute atomic E-state index is 13.5. The van der Waals surface area contributed by atoms with Crippen LogP contribution in [0.15, 0.2) is 41.3 Å². The third-order valence-corrected chi connectivity index (χ3v) is 7.55. The number of nitriles is 1. The Kier molecular flexibility index (Phi) is 9.39. The molecule has 0 unspecified atom stereocenters. The molecule has 36 heavy (non-hydrogen) atoms. The summed E-state index contributed by atoms with van der Waals surface area (Å²) >= 11 is 12.0. The van der Waals surface area contributed by atoms with Crippen LogP contribution in [0.2, 0.25) is 10.0 Å². The minimum absolute atomic E-state index is 0.00599. The second-order valence-electron chi connectivity index (χ2n) is 7.66. The van der Waals surface area contributed by atoms with Crippen LogP contribution in [-0.4, -0.2) is 69.0 Å². The molecule has 1 saturated heterocycles. The first-order chi connectivity index (χ1) is 17.1. The number of halogens is 2. The largest absolute Gasteiger partial charge is 0.466 e. The molecule has 3 rings (SSSR count). The standard InChI is InChI=1S/C23H24Cl2N4O6S/c1-2-34-22(30)5-6-27-23(31)28-7-9-29(10-8-28)36(32,33)21-11-16(15-26)3-4-20(21)35-19-13-17(24)12-18(25)14-19/h3-4,11-14H,2,5-10H2,1H3,(H,27,31). The SMILES string of the molecule is CCOC(=O)CCNC(=O)N1CCN(S(=O)(=O)c2cc(C#N)ccc2Oc2cc(Cl)cc(Cl)c2)CC1. The average molecular weight is 555 g/mol. The first kappa shape index (κ1) is 27.5. The van der Waals surface area contributed by atoms with Crippen molar-refractivity contribution in [3.8, 4) is 17.6 Å². The van der Waals surface area contributed by atoms with E-state index in [-0.39, 0.29) is 67.7 Å². The maximum atomic E-state index is 13.5. The molecule has 2 aromatic rings. The van der Waals surface area contributed by atoms with Crippen molar-refractivity contribution >= 4 is 45.2 Å². The van der Waals surface area contributed by atoms with E-state index in [1.165, 1.54) is 45.6 Å². The lowest BCUT2D eigenvalue weighted by Gasteiger charge is -2.34. The van der Waals surface area contributed by atoms with Crippen LogP contribution in [-0.2, 0) is 19.6 Å². The van der Waals surface area contributed by atoms with E-state index in [0.29, 0.717) is 10.0 Å². The number of piperazine rings is 1. The van der Waals surface area contributed by atoms with E-state index in [0.717, 1.165) is 0 Å². The monoisotopic (exact) mass is 554 g/mol. The summed E-state index contributed by atoms with van der Waals surface area (Å²) in [5.41, 5.74) is 0.143. The lowest BCUT2D eigenvalue weighted by molar-refractivity contribution is -0.142. The Balaban J connectivity index is 1.71. The molecule has 0 saturated carbocycles. The van der Waals surface area contributed by atoms with E-state index < -0.39 is 22.0 Å². The van der Waals surface area contributed by atoms with Crippen molar-refractivity contribution in [1.82, 2.24) is 14.5 Å². The Labute approximate surface area is 219 Å².